The highest BCUT2D eigenvalue weighted by Gasteiger charge is 2.25. The van der Waals surface area contributed by atoms with Crippen LogP contribution in [0.2, 0.25) is 0 Å². The van der Waals surface area contributed by atoms with Gasteiger partial charge in [0.05, 0.1) is 6.61 Å². The molecule has 1 saturated carbocycles. The number of likely N-dealkylation sites (N-methyl/N-ethyl adjacent to an activating group) is 1. The van der Waals surface area contributed by atoms with Crippen LogP contribution in [0.3, 0.4) is 0 Å². The van der Waals surface area contributed by atoms with Gasteiger partial charge in [0.2, 0.25) is 0 Å². The van der Waals surface area contributed by atoms with E-state index in [0.717, 1.165) is 31.1 Å². The van der Waals surface area contributed by atoms with Gasteiger partial charge in [-0.05, 0) is 55.5 Å². The first-order chi connectivity index (χ1) is 9.78. The van der Waals surface area contributed by atoms with Crippen LogP contribution in [-0.4, -0.2) is 19.7 Å². The first-order valence-electron chi connectivity index (χ1n) is 7.89. The van der Waals surface area contributed by atoms with Gasteiger partial charge >= 0.3 is 0 Å². The van der Waals surface area contributed by atoms with Crippen molar-refractivity contribution in [2.75, 3.05) is 13.7 Å². The maximum Gasteiger partial charge on any atom is 0.125 e. The zero-order valence-electron chi connectivity index (χ0n) is 12.3. The lowest BCUT2D eigenvalue weighted by molar-refractivity contribution is 0.274. The highest BCUT2D eigenvalue weighted by molar-refractivity contribution is 9.10. The molecule has 1 unspecified atom stereocenters. The lowest BCUT2D eigenvalue weighted by atomic mass is 9.81. The number of benzene rings is 1. The number of hydrogen-bond acceptors (Lipinski definition) is 2. The van der Waals surface area contributed by atoms with E-state index in [2.05, 4.69) is 40.4 Å². The molecule has 110 valence electrons. The zero-order chi connectivity index (χ0) is 13.9. The molecule has 0 radical (unpaired) electrons. The molecular formula is C17H24BrNO. The second-order valence-electron chi connectivity index (χ2n) is 6.15. The summed E-state index contributed by atoms with van der Waals surface area (Å²) >= 11 is 3.65. The van der Waals surface area contributed by atoms with Crippen molar-refractivity contribution in [1.29, 1.82) is 0 Å². The second-order valence-corrected chi connectivity index (χ2v) is 7.06. The number of ether oxygens (including phenoxy) is 1. The minimum atomic E-state index is 0.581. The minimum Gasteiger partial charge on any atom is -0.493 e. The Hall–Kier alpha value is -0.540. The Morgan fingerprint density at radius 1 is 1.30 bits per heavy atom. The van der Waals surface area contributed by atoms with Gasteiger partial charge in [-0.2, -0.15) is 0 Å². The van der Waals surface area contributed by atoms with E-state index in [9.17, 15) is 0 Å². The van der Waals surface area contributed by atoms with Gasteiger partial charge in [-0.15, -0.1) is 0 Å². The average molecular weight is 338 g/mol. The van der Waals surface area contributed by atoms with Crippen LogP contribution in [0, 0.1) is 5.92 Å². The number of halogens is 1. The average Bonchev–Trinajstić information content (AvgIpc) is 2.93. The smallest absolute Gasteiger partial charge is 0.125 e. The van der Waals surface area contributed by atoms with E-state index in [4.69, 9.17) is 4.74 Å². The third-order valence-corrected chi connectivity index (χ3v) is 5.31. The summed E-state index contributed by atoms with van der Waals surface area (Å²) < 4.78 is 7.06. The van der Waals surface area contributed by atoms with Crippen molar-refractivity contribution < 1.29 is 4.74 Å². The normalized spacial score (nSPS) is 20.5. The molecule has 1 aromatic rings. The van der Waals surface area contributed by atoms with Gasteiger partial charge in [0, 0.05) is 16.9 Å². The first-order valence-corrected chi connectivity index (χ1v) is 8.68. The first kappa shape index (κ1) is 14.4. The largest absolute Gasteiger partial charge is 0.493 e. The summed E-state index contributed by atoms with van der Waals surface area (Å²) in [5.74, 6) is 1.98. The molecule has 1 aromatic carbocycles. The molecule has 20 heavy (non-hydrogen) atoms. The van der Waals surface area contributed by atoms with Crippen molar-refractivity contribution in [2.45, 2.75) is 51.0 Å². The van der Waals surface area contributed by atoms with E-state index < -0.39 is 0 Å². The summed E-state index contributed by atoms with van der Waals surface area (Å²) in [7, 11) is 2.11. The standard InChI is InChI=1S/C17H24BrNO/c1-19-16(12-5-3-2-4-6-12)11-14-10-15(18)9-13-7-8-20-17(13)14/h9-10,12,16,19H,2-8,11H2,1H3. The second kappa shape index (κ2) is 6.48. The Kier molecular flexibility index (Phi) is 4.67. The third-order valence-electron chi connectivity index (χ3n) is 4.85. The number of nitrogens with one attached hydrogen (secondary N) is 1. The molecule has 3 heteroatoms. The van der Waals surface area contributed by atoms with E-state index >= 15 is 0 Å². The fraction of sp³-hybridized carbons (Fsp3) is 0.647. The molecule has 1 fully saturated rings. The van der Waals surface area contributed by atoms with Crippen LogP contribution >= 0.6 is 15.9 Å². The van der Waals surface area contributed by atoms with Crippen molar-refractivity contribution in [3.8, 4) is 5.75 Å². The van der Waals surface area contributed by atoms with Gasteiger partial charge in [0.15, 0.2) is 0 Å². The highest BCUT2D eigenvalue weighted by atomic mass is 79.9. The van der Waals surface area contributed by atoms with Crippen molar-refractivity contribution in [3.63, 3.8) is 0 Å². The van der Waals surface area contributed by atoms with Gasteiger partial charge in [0.1, 0.15) is 5.75 Å². The topological polar surface area (TPSA) is 21.3 Å². The molecule has 1 N–H and O–H groups in total. The summed E-state index contributed by atoms with van der Waals surface area (Å²) in [5, 5.41) is 3.56. The molecule has 2 aliphatic rings. The molecule has 0 spiro atoms. The number of hydrogen-bond donors (Lipinski definition) is 1. The fourth-order valence-electron chi connectivity index (χ4n) is 3.78. The fourth-order valence-corrected chi connectivity index (χ4v) is 4.33. The van der Waals surface area contributed by atoms with Crippen molar-refractivity contribution in [3.05, 3.63) is 27.7 Å². The van der Waals surface area contributed by atoms with Gasteiger partial charge < -0.3 is 10.1 Å². The zero-order valence-corrected chi connectivity index (χ0v) is 13.8. The number of rotatable bonds is 4. The summed E-state index contributed by atoms with van der Waals surface area (Å²) in [4.78, 5) is 0. The highest BCUT2D eigenvalue weighted by Crippen LogP contribution is 2.35. The molecule has 1 aliphatic heterocycles. The molecule has 3 rings (SSSR count). The van der Waals surface area contributed by atoms with Crippen LogP contribution in [0.5, 0.6) is 5.75 Å². The molecule has 0 aromatic heterocycles. The Morgan fingerprint density at radius 2 is 2.10 bits per heavy atom. The predicted molar refractivity (Wildman–Crippen MR) is 86.5 cm³/mol. The van der Waals surface area contributed by atoms with Crippen LogP contribution in [-0.2, 0) is 12.8 Å². The number of fused-ring (bicyclic) bond motifs is 1. The molecule has 1 atom stereocenters. The van der Waals surface area contributed by atoms with E-state index in [1.165, 1.54) is 47.7 Å². The third kappa shape index (κ3) is 3.04. The van der Waals surface area contributed by atoms with Gasteiger partial charge in [-0.25, -0.2) is 0 Å². The summed E-state index contributed by atoms with van der Waals surface area (Å²) in [5.41, 5.74) is 2.74. The Morgan fingerprint density at radius 3 is 2.85 bits per heavy atom. The molecule has 2 nitrogen and oxygen atoms in total. The molecule has 1 aliphatic carbocycles. The molecule has 0 amide bonds. The van der Waals surface area contributed by atoms with Crippen LogP contribution in [0.1, 0.15) is 43.2 Å². The Bertz CT molecular complexity index is 468. The quantitative estimate of drug-likeness (QED) is 0.893. The molecule has 0 saturated heterocycles. The predicted octanol–water partition coefficient (Wildman–Crippen LogP) is 4.09. The Labute approximate surface area is 130 Å². The monoisotopic (exact) mass is 337 g/mol. The maximum atomic E-state index is 5.87. The van der Waals surface area contributed by atoms with Crippen LogP contribution in [0.4, 0.5) is 0 Å². The van der Waals surface area contributed by atoms with E-state index in [1.54, 1.807) is 0 Å². The molecular weight excluding hydrogens is 314 g/mol. The lowest BCUT2D eigenvalue weighted by Gasteiger charge is -2.30. The van der Waals surface area contributed by atoms with E-state index in [-0.39, 0.29) is 0 Å². The van der Waals surface area contributed by atoms with Gasteiger partial charge in [-0.1, -0.05) is 35.2 Å². The van der Waals surface area contributed by atoms with Crippen molar-refractivity contribution >= 4 is 15.9 Å². The van der Waals surface area contributed by atoms with Crippen molar-refractivity contribution in [1.82, 2.24) is 5.32 Å². The maximum absolute atomic E-state index is 5.87. The van der Waals surface area contributed by atoms with E-state index in [0.29, 0.717) is 6.04 Å². The minimum absolute atomic E-state index is 0.581. The van der Waals surface area contributed by atoms with E-state index in [1.807, 2.05) is 0 Å². The summed E-state index contributed by atoms with van der Waals surface area (Å²) in [6.45, 7) is 0.840. The van der Waals surface area contributed by atoms with Crippen LogP contribution < -0.4 is 10.1 Å². The SMILES string of the molecule is CNC(Cc1cc(Br)cc2c1OCC2)C1CCCCC1. The van der Waals surface area contributed by atoms with Crippen molar-refractivity contribution in [2.24, 2.45) is 5.92 Å². The van der Waals surface area contributed by atoms with Crippen LogP contribution in [0.15, 0.2) is 16.6 Å². The molecule has 0 bridgehead atoms. The van der Waals surface area contributed by atoms with Gasteiger partial charge in [0.25, 0.3) is 0 Å². The van der Waals surface area contributed by atoms with Gasteiger partial charge in [-0.3, -0.25) is 0 Å². The summed E-state index contributed by atoms with van der Waals surface area (Å²) in [6, 6.07) is 5.04. The summed E-state index contributed by atoms with van der Waals surface area (Å²) in [6.07, 6.45) is 9.11. The van der Waals surface area contributed by atoms with Crippen LogP contribution in [0.25, 0.3) is 0 Å². The Balaban J connectivity index is 1.78. The molecule has 1 heterocycles. The lowest BCUT2D eigenvalue weighted by Crippen LogP contribution is -2.36.